The second-order valence-electron chi connectivity index (χ2n) is 4.53. The molecule has 0 atom stereocenters. The van der Waals surface area contributed by atoms with E-state index in [-0.39, 0.29) is 13.1 Å². The van der Waals surface area contributed by atoms with E-state index in [2.05, 4.69) is 25.9 Å². The second kappa shape index (κ2) is 6.83. The summed E-state index contributed by atoms with van der Waals surface area (Å²) in [5.74, 6) is 0. The van der Waals surface area contributed by atoms with Crippen LogP contribution in [0.1, 0.15) is 11.1 Å². The van der Waals surface area contributed by atoms with Gasteiger partial charge in [-0.15, -0.1) is 0 Å². The molecule has 0 saturated carbocycles. The molecular formula is C13H13BrClN3O2S. The molecule has 5 nitrogen and oxygen atoms in total. The lowest BCUT2D eigenvalue weighted by Gasteiger charge is -2.20. The maximum Gasteiger partial charge on any atom is 0.211 e. The molecule has 0 aliphatic rings. The highest BCUT2D eigenvalue weighted by Crippen LogP contribution is 2.24. The van der Waals surface area contributed by atoms with Crippen molar-refractivity contribution in [3.8, 4) is 0 Å². The number of halogens is 2. The summed E-state index contributed by atoms with van der Waals surface area (Å²) in [5, 5.41) is 0.545. The van der Waals surface area contributed by atoms with Crippen molar-refractivity contribution in [1.29, 1.82) is 0 Å². The molecule has 0 N–H and O–H groups in total. The van der Waals surface area contributed by atoms with E-state index in [1.165, 1.54) is 16.9 Å². The highest BCUT2D eigenvalue weighted by Gasteiger charge is 2.18. The standard InChI is InChI=1S/C13H13BrClN3O2S/c1-21(19,20)18(8-11-5-16-9-17-6-11)7-10-2-3-12(14)13(15)4-10/h2-6,9H,7-8H2,1H3. The fourth-order valence-corrected chi connectivity index (χ4v) is 2.96. The van der Waals surface area contributed by atoms with Gasteiger partial charge in [0.2, 0.25) is 10.0 Å². The van der Waals surface area contributed by atoms with Crippen molar-refractivity contribution in [2.75, 3.05) is 6.26 Å². The molecule has 8 heteroatoms. The van der Waals surface area contributed by atoms with Crippen LogP contribution in [0.15, 0.2) is 41.4 Å². The quantitative estimate of drug-likeness (QED) is 0.787. The molecule has 0 fully saturated rings. The zero-order chi connectivity index (χ0) is 15.5. The molecule has 21 heavy (non-hydrogen) atoms. The van der Waals surface area contributed by atoms with E-state index in [1.54, 1.807) is 24.5 Å². The van der Waals surface area contributed by atoms with E-state index >= 15 is 0 Å². The normalized spacial score (nSPS) is 11.8. The van der Waals surface area contributed by atoms with Gasteiger partial charge in [-0.3, -0.25) is 0 Å². The SMILES string of the molecule is CS(=O)(=O)N(Cc1cncnc1)Cc1ccc(Br)c(Cl)c1. The summed E-state index contributed by atoms with van der Waals surface area (Å²) in [7, 11) is -3.36. The Bertz CT molecular complexity index is 725. The van der Waals surface area contributed by atoms with Gasteiger partial charge in [0.25, 0.3) is 0 Å². The first kappa shape index (κ1) is 16.4. The van der Waals surface area contributed by atoms with E-state index in [0.29, 0.717) is 5.02 Å². The van der Waals surface area contributed by atoms with Crippen molar-refractivity contribution >= 4 is 37.6 Å². The summed E-state index contributed by atoms with van der Waals surface area (Å²) in [4.78, 5) is 7.79. The van der Waals surface area contributed by atoms with E-state index in [9.17, 15) is 8.42 Å². The van der Waals surface area contributed by atoms with Crippen LogP contribution in [0.4, 0.5) is 0 Å². The van der Waals surface area contributed by atoms with E-state index < -0.39 is 10.0 Å². The summed E-state index contributed by atoms with van der Waals surface area (Å²) in [6.45, 7) is 0.452. The number of hydrogen-bond donors (Lipinski definition) is 0. The Morgan fingerprint density at radius 2 is 1.81 bits per heavy atom. The smallest absolute Gasteiger partial charge is 0.211 e. The first-order valence-corrected chi connectivity index (χ1v) is 9.01. The Labute approximate surface area is 137 Å². The lowest BCUT2D eigenvalue weighted by atomic mass is 10.2. The highest BCUT2D eigenvalue weighted by atomic mass is 79.9. The molecule has 0 radical (unpaired) electrons. The Kier molecular flexibility index (Phi) is 5.32. The summed E-state index contributed by atoms with van der Waals surface area (Å²) in [6, 6.07) is 5.37. The van der Waals surface area contributed by atoms with Gasteiger partial charge in [0.05, 0.1) is 11.3 Å². The van der Waals surface area contributed by atoms with E-state index in [4.69, 9.17) is 11.6 Å². The number of aromatic nitrogens is 2. The minimum atomic E-state index is -3.36. The molecule has 112 valence electrons. The van der Waals surface area contributed by atoms with Gasteiger partial charge in [-0.2, -0.15) is 4.31 Å². The van der Waals surface area contributed by atoms with Gasteiger partial charge >= 0.3 is 0 Å². The molecule has 0 spiro atoms. The molecule has 0 unspecified atom stereocenters. The predicted molar refractivity (Wildman–Crippen MR) is 85.3 cm³/mol. The molecule has 1 aromatic heterocycles. The third kappa shape index (κ3) is 4.74. The Morgan fingerprint density at radius 1 is 1.19 bits per heavy atom. The number of hydrogen-bond acceptors (Lipinski definition) is 4. The zero-order valence-electron chi connectivity index (χ0n) is 11.2. The van der Waals surface area contributed by atoms with Crippen LogP contribution >= 0.6 is 27.5 Å². The molecule has 0 amide bonds. The van der Waals surface area contributed by atoms with Gasteiger partial charge in [-0.25, -0.2) is 18.4 Å². The maximum absolute atomic E-state index is 11.9. The third-order valence-corrected chi connectivity index (χ3v) is 5.21. The third-order valence-electron chi connectivity index (χ3n) is 2.78. The average Bonchev–Trinajstić information content (AvgIpc) is 2.42. The van der Waals surface area contributed by atoms with Crippen LogP contribution in [-0.4, -0.2) is 28.9 Å². The average molecular weight is 391 g/mol. The molecule has 0 aliphatic carbocycles. The van der Waals surface area contributed by atoms with Crippen LogP contribution in [0.3, 0.4) is 0 Å². The number of sulfonamides is 1. The summed E-state index contributed by atoms with van der Waals surface area (Å²) >= 11 is 9.35. The first-order valence-electron chi connectivity index (χ1n) is 5.99. The van der Waals surface area contributed by atoms with Gasteiger partial charge in [0.1, 0.15) is 6.33 Å². The van der Waals surface area contributed by atoms with Gasteiger partial charge < -0.3 is 0 Å². The van der Waals surface area contributed by atoms with Crippen molar-refractivity contribution in [3.05, 3.63) is 57.5 Å². The fraction of sp³-hybridized carbons (Fsp3) is 0.231. The van der Waals surface area contributed by atoms with Crippen molar-refractivity contribution < 1.29 is 8.42 Å². The van der Waals surface area contributed by atoms with Crippen LogP contribution in [0.25, 0.3) is 0 Å². The summed E-state index contributed by atoms with van der Waals surface area (Å²) in [6.07, 6.45) is 5.78. The molecule has 0 saturated heterocycles. The zero-order valence-corrected chi connectivity index (χ0v) is 14.4. The molecule has 1 heterocycles. The Hall–Kier alpha value is -1.02. The first-order chi connectivity index (χ1) is 9.86. The molecule has 2 rings (SSSR count). The summed E-state index contributed by atoms with van der Waals surface area (Å²) in [5.41, 5.74) is 1.54. The minimum absolute atomic E-state index is 0.216. The van der Waals surface area contributed by atoms with Crippen LogP contribution in [0.5, 0.6) is 0 Å². The lowest BCUT2D eigenvalue weighted by molar-refractivity contribution is 0.404. The fourth-order valence-electron chi connectivity index (χ4n) is 1.75. The molecular weight excluding hydrogens is 378 g/mol. The minimum Gasteiger partial charge on any atom is -0.244 e. The number of nitrogens with zero attached hydrogens (tertiary/aromatic N) is 3. The van der Waals surface area contributed by atoms with E-state index in [1.807, 2.05) is 6.07 Å². The lowest BCUT2D eigenvalue weighted by Crippen LogP contribution is -2.29. The van der Waals surface area contributed by atoms with Gasteiger partial charge in [-0.1, -0.05) is 17.7 Å². The predicted octanol–water partition coefficient (Wildman–Crippen LogP) is 2.85. The van der Waals surface area contributed by atoms with Crippen molar-refractivity contribution in [2.45, 2.75) is 13.1 Å². The van der Waals surface area contributed by atoms with Gasteiger partial charge in [0, 0.05) is 35.5 Å². The maximum atomic E-state index is 11.9. The summed E-state index contributed by atoms with van der Waals surface area (Å²) < 4.78 is 26.0. The van der Waals surface area contributed by atoms with Crippen LogP contribution in [-0.2, 0) is 23.1 Å². The van der Waals surface area contributed by atoms with Crippen LogP contribution in [0.2, 0.25) is 5.02 Å². The Morgan fingerprint density at radius 3 is 2.38 bits per heavy atom. The van der Waals surface area contributed by atoms with Gasteiger partial charge in [0.15, 0.2) is 0 Å². The number of rotatable bonds is 5. The van der Waals surface area contributed by atoms with Crippen LogP contribution < -0.4 is 0 Å². The second-order valence-corrected chi connectivity index (χ2v) is 7.77. The topological polar surface area (TPSA) is 63.2 Å². The largest absolute Gasteiger partial charge is 0.244 e. The van der Waals surface area contributed by atoms with Crippen LogP contribution in [0, 0.1) is 0 Å². The van der Waals surface area contributed by atoms with Crippen molar-refractivity contribution in [1.82, 2.24) is 14.3 Å². The molecule has 1 aromatic carbocycles. The monoisotopic (exact) mass is 389 g/mol. The van der Waals surface area contributed by atoms with Crippen molar-refractivity contribution in [3.63, 3.8) is 0 Å². The Balaban J connectivity index is 2.23. The highest BCUT2D eigenvalue weighted by molar-refractivity contribution is 9.10. The van der Waals surface area contributed by atoms with Crippen molar-refractivity contribution in [2.24, 2.45) is 0 Å². The molecule has 0 bridgehead atoms. The number of benzene rings is 1. The van der Waals surface area contributed by atoms with E-state index in [0.717, 1.165) is 15.6 Å². The molecule has 0 aliphatic heterocycles. The van der Waals surface area contributed by atoms with Gasteiger partial charge in [-0.05, 0) is 33.6 Å². The molecule has 2 aromatic rings.